The Bertz CT molecular complexity index is 397. The molecule has 1 heterocycles. The average molecular weight is 232 g/mol. The Balaban J connectivity index is 2.20. The number of nitriles is 1. The zero-order valence-corrected chi connectivity index (χ0v) is 10.3. The lowest BCUT2D eigenvalue weighted by Gasteiger charge is -2.34. The molecular formula is C13H16N2S. The highest BCUT2D eigenvalue weighted by Gasteiger charge is 2.20. The molecule has 3 heteroatoms. The minimum atomic E-state index is 0.709. The van der Waals surface area contributed by atoms with Gasteiger partial charge in [-0.2, -0.15) is 17.0 Å². The number of para-hydroxylation sites is 1. The van der Waals surface area contributed by atoms with Crippen molar-refractivity contribution in [2.75, 3.05) is 23.7 Å². The van der Waals surface area contributed by atoms with E-state index in [1.165, 1.54) is 6.42 Å². The van der Waals surface area contributed by atoms with Gasteiger partial charge in [0.2, 0.25) is 0 Å². The smallest absolute Gasteiger partial charge is 0.101 e. The average Bonchev–Trinajstić information content (AvgIpc) is 2.38. The molecule has 0 bridgehead atoms. The predicted octanol–water partition coefficient (Wildman–Crippen LogP) is 2.89. The molecule has 84 valence electrons. The topological polar surface area (TPSA) is 27.0 Å². The molecule has 0 aromatic heterocycles. The lowest BCUT2D eigenvalue weighted by atomic mass is 10.1. The molecule has 16 heavy (non-hydrogen) atoms. The van der Waals surface area contributed by atoms with Gasteiger partial charge in [0.1, 0.15) is 6.07 Å². The van der Waals surface area contributed by atoms with E-state index in [2.05, 4.69) is 35.7 Å². The van der Waals surface area contributed by atoms with Gasteiger partial charge in [0.25, 0.3) is 0 Å². The first-order chi connectivity index (χ1) is 7.85. The fourth-order valence-corrected chi connectivity index (χ4v) is 3.21. The molecule has 2 nitrogen and oxygen atoms in total. The molecule has 0 amide bonds. The first-order valence-electron chi connectivity index (χ1n) is 5.71. The summed E-state index contributed by atoms with van der Waals surface area (Å²) in [7, 11) is 0. The van der Waals surface area contributed by atoms with Crippen LogP contribution in [0.2, 0.25) is 0 Å². The Kier molecular flexibility index (Phi) is 3.74. The number of hydrogen-bond acceptors (Lipinski definition) is 3. The summed E-state index contributed by atoms with van der Waals surface area (Å²) in [6, 6.07) is 10.2. The van der Waals surface area contributed by atoms with Crippen molar-refractivity contribution in [3.63, 3.8) is 0 Å². The monoisotopic (exact) mass is 232 g/mol. The van der Waals surface area contributed by atoms with Gasteiger partial charge in [-0.25, -0.2) is 0 Å². The van der Waals surface area contributed by atoms with Crippen LogP contribution < -0.4 is 4.90 Å². The zero-order chi connectivity index (χ0) is 11.4. The van der Waals surface area contributed by atoms with Crippen molar-refractivity contribution in [2.24, 2.45) is 0 Å². The fraction of sp³-hybridized carbons (Fsp3) is 0.462. The minimum Gasteiger partial charge on any atom is -0.369 e. The minimum absolute atomic E-state index is 0.709. The second kappa shape index (κ2) is 5.27. The van der Waals surface area contributed by atoms with Crippen LogP contribution in [-0.4, -0.2) is 24.1 Å². The van der Waals surface area contributed by atoms with Gasteiger partial charge in [-0.05, 0) is 18.6 Å². The molecule has 0 radical (unpaired) electrons. The summed E-state index contributed by atoms with van der Waals surface area (Å²) in [4.78, 5) is 2.35. The number of hydrogen-bond donors (Lipinski definition) is 0. The van der Waals surface area contributed by atoms with E-state index in [-0.39, 0.29) is 0 Å². The van der Waals surface area contributed by atoms with E-state index in [1.807, 2.05) is 18.2 Å². The summed E-state index contributed by atoms with van der Waals surface area (Å²) in [6.07, 6.45) is 1.20. The second-order valence-electron chi connectivity index (χ2n) is 3.98. The summed E-state index contributed by atoms with van der Waals surface area (Å²) in [5.41, 5.74) is 1.90. The largest absolute Gasteiger partial charge is 0.369 e. The van der Waals surface area contributed by atoms with Crippen molar-refractivity contribution in [3.05, 3.63) is 29.8 Å². The van der Waals surface area contributed by atoms with Crippen molar-refractivity contribution in [3.8, 4) is 6.07 Å². The van der Waals surface area contributed by atoms with Crippen LogP contribution in [-0.2, 0) is 0 Å². The zero-order valence-electron chi connectivity index (χ0n) is 9.52. The van der Waals surface area contributed by atoms with Crippen molar-refractivity contribution in [2.45, 2.75) is 18.6 Å². The number of anilines is 1. The van der Waals surface area contributed by atoms with Crippen LogP contribution in [0.1, 0.15) is 18.9 Å². The summed E-state index contributed by atoms with van der Waals surface area (Å²) in [5, 5.41) is 9.80. The van der Waals surface area contributed by atoms with Crippen LogP contribution in [0.5, 0.6) is 0 Å². The maximum absolute atomic E-state index is 9.09. The van der Waals surface area contributed by atoms with Crippen molar-refractivity contribution in [1.82, 2.24) is 0 Å². The Morgan fingerprint density at radius 2 is 2.31 bits per heavy atom. The quantitative estimate of drug-likeness (QED) is 0.784. The number of rotatable bonds is 2. The van der Waals surface area contributed by atoms with E-state index in [1.54, 1.807) is 0 Å². The Labute approximate surface area is 101 Å². The first kappa shape index (κ1) is 11.3. The second-order valence-corrected chi connectivity index (χ2v) is 5.38. The van der Waals surface area contributed by atoms with Gasteiger partial charge in [-0.3, -0.25) is 0 Å². The Morgan fingerprint density at radius 3 is 3.06 bits per heavy atom. The van der Waals surface area contributed by atoms with Gasteiger partial charge in [0, 0.05) is 24.1 Å². The van der Waals surface area contributed by atoms with Crippen molar-refractivity contribution < 1.29 is 0 Å². The summed E-state index contributed by atoms with van der Waals surface area (Å²) < 4.78 is 0. The molecule has 0 N–H and O–H groups in total. The van der Waals surface area contributed by atoms with E-state index in [0.717, 1.165) is 30.1 Å². The molecule has 1 saturated heterocycles. The third kappa shape index (κ3) is 2.33. The number of thioether (sulfide) groups is 1. The third-order valence-corrected chi connectivity index (χ3v) is 4.33. The van der Waals surface area contributed by atoms with E-state index in [9.17, 15) is 0 Å². The highest BCUT2D eigenvalue weighted by Crippen LogP contribution is 2.27. The van der Waals surface area contributed by atoms with Gasteiger partial charge < -0.3 is 4.90 Å². The molecule has 1 atom stereocenters. The molecule has 0 spiro atoms. The summed E-state index contributed by atoms with van der Waals surface area (Å²) in [6.45, 7) is 4.36. The lowest BCUT2D eigenvalue weighted by Crippen LogP contribution is -2.38. The lowest BCUT2D eigenvalue weighted by molar-refractivity contribution is 0.727. The predicted molar refractivity (Wildman–Crippen MR) is 69.9 cm³/mol. The molecule has 1 fully saturated rings. The SMILES string of the molecule is CCC1CN(c2ccccc2C#N)CCS1. The van der Waals surface area contributed by atoms with Crippen LogP contribution in [0, 0.1) is 11.3 Å². The van der Waals surface area contributed by atoms with E-state index < -0.39 is 0 Å². The standard InChI is InChI=1S/C13H16N2S/c1-2-12-10-15(7-8-16-12)13-6-4-3-5-11(13)9-14/h3-6,12H,2,7-8,10H2,1H3. The van der Waals surface area contributed by atoms with Gasteiger partial charge >= 0.3 is 0 Å². The molecule has 0 saturated carbocycles. The maximum atomic E-state index is 9.09. The van der Waals surface area contributed by atoms with E-state index in [0.29, 0.717) is 5.25 Å². The normalized spacial score (nSPS) is 20.5. The van der Waals surface area contributed by atoms with E-state index in [4.69, 9.17) is 5.26 Å². The summed E-state index contributed by atoms with van der Waals surface area (Å²) >= 11 is 2.05. The number of nitrogens with zero attached hydrogens (tertiary/aromatic N) is 2. The summed E-state index contributed by atoms with van der Waals surface area (Å²) in [5.74, 6) is 1.16. The first-order valence-corrected chi connectivity index (χ1v) is 6.75. The van der Waals surface area contributed by atoms with Crippen LogP contribution in [0.25, 0.3) is 0 Å². The van der Waals surface area contributed by atoms with Crippen LogP contribution in [0.3, 0.4) is 0 Å². The molecule has 1 aromatic carbocycles. The molecule has 2 rings (SSSR count). The molecule has 1 aliphatic rings. The molecule has 1 aliphatic heterocycles. The highest BCUT2D eigenvalue weighted by molar-refractivity contribution is 8.00. The van der Waals surface area contributed by atoms with Crippen LogP contribution in [0.15, 0.2) is 24.3 Å². The molecule has 0 aliphatic carbocycles. The third-order valence-electron chi connectivity index (χ3n) is 2.96. The van der Waals surface area contributed by atoms with E-state index >= 15 is 0 Å². The molecule has 1 unspecified atom stereocenters. The van der Waals surface area contributed by atoms with Crippen LogP contribution in [0.4, 0.5) is 5.69 Å². The Hall–Kier alpha value is -1.14. The highest BCUT2D eigenvalue weighted by atomic mass is 32.2. The molecule has 1 aromatic rings. The Morgan fingerprint density at radius 1 is 1.50 bits per heavy atom. The van der Waals surface area contributed by atoms with Gasteiger partial charge in [-0.15, -0.1) is 0 Å². The van der Waals surface area contributed by atoms with Gasteiger partial charge in [0.15, 0.2) is 0 Å². The van der Waals surface area contributed by atoms with Gasteiger partial charge in [-0.1, -0.05) is 19.1 Å². The van der Waals surface area contributed by atoms with Crippen molar-refractivity contribution >= 4 is 17.4 Å². The number of benzene rings is 1. The maximum Gasteiger partial charge on any atom is 0.101 e. The molecular weight excluding hydrogens is 216 g/mol. The van der Waals surface area contributed by atoms with Gasteiger partial charge in [0.05, 0.1) is 11.3 Å². The van der Waals surface area contributed by atoms with Crippen LogP contribution >= 0.6 is 11.8 Å². The van der Waals surface area contributed by atoms with Crippen molar-refractivity contribution in [1.29, 1.82) is 5.26 Å². The fourth-order valence-electron chi connectivity index (χ4n) is 2.03.